The first-order valence-electron chi connectivity index (χ1n) is 8.99. The number of rotatable bonds is 8. The van der Waals surface area contributed by atoms with Crippen LogP contribution < -0.4 is 4.74 Å². The molecule has 0 aliphatic rings. The number of thiophene rings is 1. The van der Waals surface area contributed by atoms with Gasteiger partial charge in [0.05, 0.1) is 4.88 Å². The molecule has 0 bridgehead atoms. The molecule has 1 aromatic carbocycles. The van der Waals surface area contributed by atoms with Crippen molar-refractivity contribution in [2.45, 2.75) is 39.8 Å². The van der Waals surface area contributed by atoms with Crippen molar-refractivity contribution >= 4 is 17.2 Å². The Kier molecular flexibility index (Phi) is 6.24. The molecular weight excluding hydrogens is 362 g/mol. The Labute approximate surface area is 162 Å². The van der Waals surface area contributed by atoms with Gasteiger partial charge in [-0.1, -0.05) is 30.3 Å². The summed E-state index contributed by atoms with van der Waals surface area (Å²) in [5, 5.41) is 5.96. The normalized spacial score (nSPS) is 12.0. The molecule has 0 aliphatic heterocycles. The van der Waals surface area contributed by atoms with E-state index in [-0.39, 0.29) is 12.5 Å². The zero-order chi connectivity index (χ0) is 19.2. The van der Waals surface area contributed by atoms with Gasteiger partial charge in [-0.05, 0) is 49.4 Å². The number of likely N-dealkylation sites (N-methyl/N-ethyl adjacent to an activating group) is 1. The number of hydrogen-bond acceptors (Lipinski definition) is 6. The quantitative estimate of drug-likeness (QED) is 0.578. The molecule has 2 heterocycles. The van der Waals surface area contributed by atoms with Crippen LogP contribution in [0, 0.1) is 6.92 Å². The van der Waals surface area contributed by atoms with Gasteiger partial charge in [-0.15, -0.1) is 11.3 Å². The van der Waals surface area contributed by atoms with Gasteiger partial charge in [0, 0.05) is 6.54 Å². The third kappa shape index (κ3) is 4.74. The highest BCUT2D eigenvalue weighted by molar-refractivity contribution is 7.13. The number of aryl methyl sites for hydroxylation is 1. The van der Waals surface area contributed by atoms with Gasteiger partial charge in [0.2, 0.25) is 11.7 Å². The van der Waals surface area contributed by atoms with E-state index in [0.29, 0.717) is 30.4 Å². The highest BCUT2D eigenvalue weighted by atomic mass is 32.1. The van der Waals surface area contributed by atoms with E-state index in [0.717, 1.165) is 10.4 Å². The summed E-state index contributed by atoms with van der Waals surface area (Å²) in [5.41, 5.74) is 1.09. The Morgan fingerprint density at radius 3 is 2.81 bits per heavy atom. The summed E-state index contributed by atoms with van der Waals surface area (Å²) in [6, 6.07) is 11.6. The number of aromatic nitrogens is 2. The van der Waals surface area contributed by atoms with Crippen molar-refractivity contribution in [2.75, 3.05) is 6.54 Å². The lowest BCUT2D eigenvalue weighted by atomic mass is 10.2. The van der Waals surface area contributed by atoms with Gasteiger partial charge in [-0.25, -0.2) is 0 Å². The van der Waals surface area contributed by atoms with Crippen LogP contribution in [0.25, 0.3) is 10.7 Å². The van der Waals surface area contributed by atoms with Gasteiger partial charge in [0.1, 0.15) is 12.3 Å². The SMILES string of the molecule is CCC(Oc1cccc(C)c1)C(=O)N(CC)Cc1nc(-c2cccs2)no1. The summed E-state index contributed by atoms with van der Waals surface area (Å²) in [6.07, 6.45) is 0.0273. The van der Waals surface area contributed by atoms with Crippen molar-refractivity contribution in [3.8, 4) is 16.5 Å². The topological polar surface area (TPSA) is 68.5 Å². The first-order chi connectivity index (χ1) is 13.1. The zero-order valence-corrected chi connectivity index (χ0v) is 16.5. The Morgan fingerprint density at radius 2 is 2.15 bits per heavy atom. The summed E-state index contributed by atoms with van der Waals surface area (Å²) in [5.74, 6) is 1.58. The van der Waals surface area contributed by atoms with Gasteiger partial charge in [0.25, 0.3) is 5.91 Å². The van der Waals surface area contributed by atoms with Gasteiger partial charge in [0.15, 0.2) is 6.10 Å². The Hall–Kier alpha value is -2.67. The molecule has 3 rings (SSSR count). The van der Waals surface area contributed by atoms with Crippen LogP contribution in [0.4, 0.5) is 0 Å². The molecule has 142 valence electrons. The minimum atomic E-state index is -0.550. The van der Waals surface area contributed by atoms with E-state index in [9.17, 15) is 4.79 Å². The van der Waals surface area contributed by atoms with Gasteiger partial charge in [-0.2, -0.15) is 4.98 Å². The minimum Gasteiger partial charge on any atom is -0.481 e. The average molecular weight is 385 g/mol. The van der Waals surface area contributed by atoms with E-state index in [2.05, 4.69) is 10.1 Å². The molecule has 6 nitrogen and oxygen atoms in total. The average Bonchev–Trinajstić information content (AvgIpc) is 3.35. The lowest BCUT2D eigenvalue weighted by molar-refractivity contribution is -0.139. The van der Waals surface area contributed by atoms with Gasteiger partial charge >= 0.3 is 0 Å². The molecule has 3 aromatic rings. The molecule has 0 spiro atoms. The largest absolute Gasteiger partial charge is 0.481 e. The van der Waals surface area contributed by atoms with E-state index < -0.39 is 6.10 Å². The van der Waals surface area contributed by atoms with Crippen molar-refractivity contribution in [3.05, 3.63) is 53.2 Å². The highest BCUT2D eigenvalue weighted by Gasteiger charge is 2.25. The summed E-state index contributed by atoms with van der Waals surface area (Å²) in [4.78, 5) is 20.0. The maximum absolute atomic E-state index is 12.9. The monoisotopic (exact) mass is 385 g/mol. The van der Waals surface area contributed by atoms with Crippen LogP contribution in [-0.4, -0.2) is 33.6 Å². The predicted molar refractivity (Wildman–Crippen MR) is 105 cm³/mol. The predicted octanol–water partition coefficient (Wildman–Crippen LogP) is 4.31. The standard InChI is InChI=1S/C20H23N3O3S/c1-4-16(25-15-9-6-8-14(3)12-15)20(24)23(5-2)13-18-21-19(22-26-18)17-10-7-11-27-17/h6-12,16H,4-5,13H2,1-3H3. The van der Waals surface area contributed by atoms with Crippen LogP contribution in [0.5, 0.6) is 5.75 Å². The Balaban J connectivity index is 1.69. The van der Waals surface area contributed by atoms with Crippen molar-refractivity contribution in [1.29, 1.82) is 0 Å². The Morgan fingerprint density at radius 1 is 1.30 bits per heavy atom. The van der Waals surface area contributed by atoms with Crippen molar-refractivity contribution in [2.24, 2.45) is 0 Å². The molecule has 7 heteroatoms. The molecule has 0 aliphatic carbocycles. The Bertz CT molecular complexity index is 876. The smallest absolute Gasteiger partial charge is 0.264 e. The molecular formula is C20H23N3O3S. The molecule has 0 radical (unpaired) electrons. The summed E-state index contributed by atoms with van der Waals surface area (Å²) in [7, 11) is 0. The fraction of sp³-hybridized carbons (Fsp3) is 0.350. The van der Waals surface area contributed by atoms with E-state index in [1.807, 2.05) is 62.5 Å². The molecule has 1 atom stereocenters. The first kappa shape index (κ1) is 19.1. The van der Waals surface area contributed by atoms with Gasteiger partial charge in [-0.3, -0.25) is 4.79 Å². The third-order valence-corrected chi connectivity index (χ3v) is 5.01. The second kappa shape index (κ2) is 8.81. The van der Waals surface area contributed by atoms with E-state index >= 15 is 0 Å². The maximum Gasteiger partial charge on any atom is 0.264 e. The van der Waals surface area contributed by atoms with Crippen molar-refractivity contribution < 1.29 is 14.1 Å². The summed E-state index contributed by atoms with van der Waals surface area (Å²) < 4.78 is 11.3. The fourth-order valence-electron chi connectivity index (χ4n) is 2.70. The summed E-state index contributed by atoms with van der Waals surface area (Å²) in [6.45, 7) is 6.65. The second-order valence-electron chi connectivity index (χ2n) is 6.17. The van der Waals surface area contributed by atoms with E-state index in [1.54, 1.807) is 16.2 Å². The molecule has 27 heavy (non-hydrogen) atoms. The number of hydrogen-bond donors (Lipinski definition) is 0. The molecule has 0 N–H and O–H groups in total. The van der Waals surface area contributed by atoms with Crippen LogP contribution in [0.2, 0.25) is 0 Å². The molecule has 0 saturated heterocycles. The first-order valence-corrected chi connectivity index (χ1v) is 9.87. The van der Waals surface area contributed by atoms with E-state index in [1.165, 1.54) is 0 Å². The number of nitrogens with zero attached hydrogens (tertiary/aromatic N) is 3. The van der Waals surface area contributed by atoms with E-state index in [4.69, 9.17) is 9.26 Å². The molecule has 0 saturated carbocycles. The van der Waals surface area contributed by atoms with Crippen LogP contribution in [-0.2, 0) is 11.3 Å². The van der Waals surface area contributed by atoms with Crippen LogP contribution in [0.1, 0.15) is 31.7 Å². The lowest BCUT2D eigenvalue weighted by Gasteiger charge is -2.25. The van der Waals surface area contributed by atoms with Crippen molar-refractivity contribution in [3.63, 3.8) is 0 Å². The minimum absolute atomic E-state index is 0.0858. The van der Waals surface area contributed by atoms with Crippen LogP contribution >= 0.6 is 11.3 Å². The molecule has 1 unspecified atom stereocenters. The number of benzene rings is 1. The third-order valence-electron chi connectivity index (χ3n) is 4.14. The zero-order valence-electron chi connectivity index (χ0n) is 15.7. The number of carbonyl (C=O) groups excluding carboxylic acids is 1. The van der Waals surface area contributed by atoms with Gasteiger partial charge < -0.3 is 14.2 Å². The van der Waals surface area contributed by atoms with Crippen LogP contribution in [0.15, 0.2) is 46.3 Å². The fourth-order valence-corrected chi connectivity index (χ4v) is 3.35. The second-order valence-corrected chi connectivity index (χ2v) is 7.12. The van der Waals surface area contributed by atoms with Crippen molar-refractivity contribution in [1.82, 2.24) is 15.0 Å². The van der Waals surface area contributed by atoms with Crippen LogP contribution in [0.3, 0.4) is 0 Å². The molecule has 0 fully saturated rings. The summed E-state index contributed by atoms with van der Waals surface area (Å²) >= 11 is 1.55. The number of amides is 1. The highest BCUT2D eigenvalue weighted by Crippen LogP contribution is 2.22. The molecule has 2 aromatic heterocycles. The maximum atomic E-state index is 12.9. The molecule has 1 amide bonds. The number of carbonyl (C=O) groups is 1. The number of ether oxygens (including phenoxy) is 1. The lowest BCUT2D eigenvalue weighted by Crippen LogP contribution is -2.41.